The third-order valence-electron chi connectivity index (χ3n) is 1.65. The molecule has 3 N–H and O–H groups in total. The van der Waals surface area contributed by atoms with Crippen molar-refractivity contribution in [2.75, 3.05) is 0 Å². The van der Waals surface area contributed by atoms with Crippen LogP contribution in [-0.4, -0.2) is 16.9 Å². The highest BCUT2D eigenvalue weighted by Gasteiger charge is 2.06. The van der Waals surface area contributed by atoms with Crippen LogP contribution in [-0.2, 0) is 11.3 Å². The Morgan fingerprint density at radius 3 is 2.80 bits per heavy atom. The summed E-state index contributed by atoms with van der Waals surface area (Å²) in [6, 6.07) is 2.98. The number of nitrogens with one attached hydrogen (secondary N) is 1. The van der Waals surface area contributed by atoms with E-state index in [2.05, 4.69) is 10.3 Å². The Bertz CT molecular complexity index is 314. The van der Waals surface area contributed by atoms with Gasteiger partial charge in [0.25, 0.3) is 0 Å². The molecule has 0 saturated carbocycles. The topological polar surface area (TPSA) is 68.0 Å². The van der Waals surface area contributed by atoms with Crippen LogP contribution in [0.5, 0.6) is 0 Å². The number of amides is 1. The molecule has 0 unspecified atom stereocenters. The van der Waals surface area contributed by atoms with E-state index in [-0.39, 0.29) is 18.3 Å². The molecule has 4 nitrogen and oxygen atoms in total. The molecule has 0 bridgehead atoms. The minimum atomic E-state index is -0.498. The summed E-state index contributed by atoms with van der Waals surface area (Å²) in [5, 5.41) is 3.22. The van der Waals surface area contributed by atoms with Crippen LogP contribution in [0.15, 0.2) is 18.3 Å². The molecule has 0 spiro atoms. The molecule has 0 aromatic carbocycles. The zero-order valence-corrected chi connectivity index (χ0v) is 9.81. The summed E-state index contributed by atoms with van der Waals surface area (Å²) in [6.07, 6.45) is 1.54. The molecule has 84 valence electrons. The maximum atomic E-state index is 11.1. The highest BCUT2D eigenvalue weighted by Crippen LogP contribution is 2.05. The Morgan fingerprint density at radius 2 is 2.33 bits per heavy atom. The quantitative estimate of drug-likeness (QED) is 0.844. The Kier molecular flexibility index (Phi) is 6.24. The van der Waals surface area contributed by atoms with Gasteiger partial charge < -0.3 is 11.1 Å². The largest absolute Gasteiger partial charge is 0.349 e. The Morgan fingerprint density at radius 1 is 1.67 bits per heavy atom. The molecular formula is C9H13Cl2N3O. The van der Waals surface area contributed by atoms with Crippen molar-refractivity contribution in [1.29, 1.82) is 0 Å². The predicted octanol–water partition coefficient (Wildman–Crippen LogP) is 1.12. The van der Waals surface area contributed by atoms with Crippen molar-refractivity contribution in [3.63, 3.8) is 0 Å². The predicted molar refractivity (Wildman–Crippen MR) is 62.0 cm³/mol. The van der Waals surface area contributed by atoms with Crippen LogP contribution < -0.4 is 11.1 Å². The zero-order valence-electron chi connectivity index (χ0n) is 8.24. The first-order valence-corrected chi connectivity index (χ1v) is 4.61. The molecule has 1 aromatic heterocycles. The number of pyridine rings is 1. The first-order valence-electron chi connectivity index (χ1n) is 4.23. The van der Waals surface area contributed by atoms with Crippen LogP contribution in [0.4, 0.5) is 0 Å². The lowest BCUT2D eigenvalue weighted by Crippen LogP contribution is -2.37. The second-order valence-corrected chi connectivity index (χ2v) is 3.41. The van der Waals surface area contributed by atoms with Crippen molar-refractivity contribution < 1.29 is 4.79 Å². The lowest BCUT2D eigenvalue weighted by atomic mass is 10.3. The van der Waals surface area contributed by atoms with Crippen LogP contribution in [0, 0.1) is 0 Å². The third-order valence-corrected chi connectivity index (χ3v) is 1.87. The lowest BCUT2D eigenvalue weighted by Gasteiger charge is -2.06. The highest BCUT2D eigenvalue weighted by atomic mass is 35.5. The standard InChI is InChI=1S/C9H12ClN3O.ClH/c1-6(11)9(14)13-5-8-3-2-7(10)4-12-8;/h2-4,6H,5,11H2,1H3,(H,13,14);1H/t6-;/m1./s1. The van der Waals surface area contributed by atoms with Gasteiger partial charge in [0.15, 0.2) is 0 Å². The van der Waals surface area contributed by atoms with Crippen LogP contribution >= 0.6 is 24.0 Å². The molecule has 1 atom stereocenters. The van der Waals surface area contributed by atoms with E-state index in [0.717, 1.165) is 5.69 Å². The summed E-state index contributed by atoms with van der Waals surface area (Å²) in [5.74, 6) is -0.193. The molecule has 0 radical (unpaired) electrons. The zero-order chi connectivity index (χ0) is 10.6. The van der Waals surface area contributed by atoms with Crippen molar-refractivity contribution >= 4 is 29.9 Å². The number of rotatable bonds is 3. The van der Waals surface area contributed by atoms with Gasteiger partial charge in [0.05, 0.1) is 23.3 Å². The van der Waals surface area contributed by atoms with E-state index in [1.165, 1.54) is 6.20 Å². The van der Waals surface area contributed by atoms with Gasteiger partial charge >= 0.3 is 0 Å². The summed E-state index contributed by atoms with van der Waals surface area (Å²) >= 11 is 5.65. The van der Waals surface area contributed by atoms with E-state index in [1.54, 1.807) is 19.1 Å². The van der Waals surface area contributed by atoms with E-state index in [4.69, 9.17) is 17.3 Å². The van der Waals surface area contributed by atoms with Gasteiger partial charge in [-0.2, -0.15) is 0 Å². The van der Waals surface area contributed by atoms with Gasteiger partial charge in [-0.15, -0.1) is 12.4 Å². The van der Waals surface area contributed by atoms with E-state index in [1.807, 2.05) is 0 Å². The number of halogens is 2. The molecule has 15 heavy (non-hydrogen) atoms. The molecule has 0 fully saturated rings. The summed E-state index contributed by atoms with van der Waals surface area (Å²) in [6.45, 7) is 2.00. The monoisotopic (exact) mass is 249 g/mol. The first-order chi connectivity index (χ1) is 6.59. The number of aromatic nitrogens is 1. The number of carbonyl (C=O) groups excluding carboxylic acids is 1. The van der Waals surface area contributed by atoms with Gasteiger partial charge in [-0.05, 0) is 19.1 Å². The Labute approximate surface area is 99.6 Å². The molecule has 0 aliphatic carbocycles. The fourth-order valence-corrected chi connectivity index (χ4v) is 0.961. The van der Waals surface area contributed by atoms with Gasteiger partial charge in [0.1, 0.15) is 0 Å². The van der Waals surface area contributed by atoms with Crippen molar-refractivity contribution in [2.45, 2.75) is 19.5 Å². The Hall–Kier alpha value is -0.840. The fourth-order valence-electron chi connectivity index (χ4n) is 0.850. The molecule has 1 heterocycles. The first kappa shape index (κ1) is 14.2. The summed E-state index contributed by atoms with van der Waals surface area (Å²) < 4.78 is 0. The number of nitrogens with zero attached hydrogens (tertiary/aromatic N) is 1. The van der Waals surface area contributed by atoms with Crippen molar-refractivity contribution in [2.24, 2.45) is 5.73 Å². The summed E-state index contributed by atoms with van der Waals surface area (Å²) in [4.78, 5) is 15.1. The van der Waals surface area contributed by atoms with Crippen molar-refractivity contribution in [3.05, 3.63) is 29.0 Å². The molecule has 1 amide bonds. The average molecular weight is 250 g/mol. The normalized spacial score (nSPS) is 11.4. The number of nitrogens with two attached hydrogens (primary N) is 1. The minimum absolute atomic E-state index is 0. The minimum Gasteiger partial charge on any atom is -0.349 e. The van der Waals surface area contributed by atoms with Gasteiger partial charge in [-0.3, -0.25) is 9.78 Å². The molecule has 1 aromatic rings. The fraction of sp³-hybridized carbons (Fsp3) is 0.333. The summed E-state index contributed by atoms with van der Waals surface area (Å²) in [7, 11) is 0. The number of hydrogen-bond acceptors (Lipinski definition) is 3. The lowest BCUT2D eigenvalue weighted by molar-refractivity contribution is -0.122. The number of hydrogen-bond donors (Lipinski definition) is 2. The summed E-state index contributed by atoms with van der Waals surface area (Å²) in [5.41, 5.74) is 6.12. The molecule has 0 aliphatic heterocycles. The third kappa shape index (κ3) is 4.97. The highest BCUT2D eigenvalue weighted by molar-refractivity contribution is 6.30. The smallest absolute Gasteiger partial charge is 0.236 e. The maximum Gasteiger partial charge on any atom is 0.236 e. The second-order valence-electron chi connectivity index (χ2n) is 2.97. The van der Waals surface area contributed by atoms with Gasteiger partial charge in [0, 0.05) is 6.20 Å². The van der Waals surface area contributed by atoms with Crippen molar-refractivity contribution in [3.8, 4) is 0 Å². The maximum absolute atomic E-state index is 11.1. The average Bonchev–Trinajstić information content (AvgIpc) is 2.16. The van der Waals surface area contributed by atoms with Crippen LogP contribution in [0.25, 0.3) is 0 Å². The van der Waals surface area contributed by atoms with E-state index in [0.29, 0.717) is 11.6 Å². The van der Waals surface area contributed by atoms with Crippen LogP contribution in [0.3, 0.4) is 0 Å². The van der Waals surface area contributed by atoms with E-state index in [9.17, 15) is 4.79 Å². The van der Waals surface area contributed by atoms with Gasteiger partial charge in [-0.25, -0.2) is 0 Å². The van der Waals surface area contributed by atoms with Gasteiger partial charge in [0.2, 0.25) is 5.91 Å². The number of carbonyl (C=O) groups is 1. The molecule has 0 saturated heterocycles. The van der Waals surface area contributed by atoms with E-state index >= 15 is 0 Å². The SMILES string of the molecule is C[C@@H](N)C(=O)NCc1ccc(Cl)cn1.Cl. The molecule has 6 heteroatoms. The second kappa shape index (κ2) is 6.61. The molecular weight excluding hydrogens is 237 g/mol. The van der Waals surface area contributed by atoms with Crippen molar-refractivity contribution in [1.82, 2.24) is 10.3 Å². The van der Waals surface area contributed by atoms with E-state index < -0.39 is 6.04 Å². The Balaban J connectivity index is 0.00000196. The van der Waals surface area contributed by atoms with Crippen LogP contribution in [0.2, 0.25) is 5.02 Å². The van der Waals surface area contributed by atoms with Gasteiger partial charge in [-0.1, -0.05) is 11.6 Å². The molecule has 0 aliphatic rings. The molecule has 1 rings (SSSR count). The van der Waals surface area contributed by atoms with Crippen LogP contribution in [0.1, 0.15) is 12.6 Å².